The van der Waals surface area contributed by atoms with Crippen LogP contribution in [0.15, 0.2) is 60.7 Å². The molecule has 1 saturated heterocycles. The summed E-state index contributed by atoms with van der Waals surface area (Å²) < 4.78 is 0. The molecule has 0 spiro atoms. The molecule has 0 bridgehead atoms. The van der Waals surface area contributed by atoms with E-state index in [1.807, 2.05) is 41.3 Å². The second-order valence-electron chi connectivity index (χ2n) is 8.91. The number of carbonyl (C=O) groups is 2. The third kappa shape index (κ3) is 5.87. The molecule has 0 radical (unpaired) electrons. The Morgan fingerprint density at radius 1 is 0.871 bits per heavy atom. The van der Waals surface area contributed by atoms with Gasteiger partial charge in [-0.15, -0.1) is 0 Å². The first kappa shape index (κ1) is 21.4. The minimum Gasteiger partial charge on any atom is -0.353 e. The molecule has 1 aliphatic carbocycles. The Balaban J connectivity index is 1.30. The lowest BCUT2D eigenvalue weighted by Crippen LogP contribution is -2.48. The lowest BCUT2D eigenvalue weighted by molar-refractivity contribution is -0.127. The fraction of sp³-hybridized carbons (Fsp3) is 0.462. The van der Waals surface area contributed by atoms with Crippen molar-refractivity contribution in [1.29, 1.82) is 0 Å². The zero-order valence-electron chi connectivity index (χ0n) is 18.1. The summed E-state index contributed by atoms with van der Waals surface area (Å²) in [6.45, 7) is 1.23. The fourth-order valence-corrected chi connectivity index (χ4v) is 4.93. The minimum atomic E-state index is -0.0852. The van der Waals surface area contributed by atoms with Crippen molar-refractivity contribution in [2.24, 2.45) is 11.8 Å². The Morgan fingerprint density at radius 3 is 2.13 bits per heavy atom. The molecule has 0 aromatic heterocycles. The van der Waals surface area contributed by atoms with Crippen molar-refractivity contribution in [3.8, 4) is 0 Å². The van der Waals surface area contributed by atoms with Crippen LogP contribution in [-0.2, 0) is 11.2 Å². The van der Waals surface area contributed by atoms with Gasteiger partial charge in [-0.25, -0.2) is 4.79 Å². The van der Waals surface area contributed by atoms with Gasteiger partial charge in [-0.2, -0.15) is 0 Å². The van der Waals surface area contributed by atoms with E-state index in [-0.39, 0.29) is 23.9 Å². The summed E-state index contributed by atoms with van der Waals surface area (Å²) >= 11 is 0. The number of nitrogens with one attached hydrogen (secondary N) is 2. The zero-order valence-corrected chi connectivity index (χ0v) is 18.1. The third-order valence-electron chi connectivity index (χ3n) is 6.77. The van der Waals surface area contributed by atoms with E-state index < -0.39 is 0 Å². The Hall–Kier alpha value is -2.82. The van der Waals surface area contributed by atoms with Crippen molar-refractivity contribution in [1.82, 2.24) is 10.2 Å². The van der Waals surface area contributed by atoms with Crippen molar-refractivity contribution in [2.75, 3.05) is 18.4 Å². The number of anilines is 1. The summed E-state index contributed by atoms with van der Waals surface area (Å²) in [5.74, 6) is 0.720. The number of piperidine rings is 1. The normalized spacial score (nSPS) is 18.5. The third-order valence-corrected chi connectivity index (χ3v) is 6.77. The number of amides is 3. The van der Waals surface area contributed by atoms with Crippen LogP contribution in [0.3, 0.4) is 0 Å². The molecule has 1 aliphatic heterocycles. The lowest BCUT2D eigenvalue weighted by atomic mass is 9.90. The summed E-state index contributed by atoms with van der Waals surface area (Å²) in [6, 6.07) is 20.1. The van der Waals surface area contributed by atoms with Crippen molar-refractivity contribution >= 4 is 17.6 Å². The van der Waals surface area contributed by atoms with Crippen molar-refractivity contribution in [3.63, 3.8) is 0 Å². The van der Waals surface area contributed by atoms with Gasteiger partial charge in [-0.3, -0.25) is 4.79 Å². The highest BCUT2D eigenvalue weighted by molar-refractivity contribution is 5.89. The Kier molecular flexibility index (Phi) is 7.23. The van der Waals surface area contributed by atoms with Crippen LogP contribution < -0.4 is 10.6 Å². The molecule has 2 aromatic rings. The van der Waals surface area contributed by atoms with Crippen LogP contribution in [-0.4, -0.2) is 36.0 Å². The molecule has 2 N–H and O–H groups in total. The van der Waals surface area contributed by atoms with Gasteiger partial charge in [-0.1, -0.05) is 61.4 Å². The molecule has 1 heterocycles. The second kappa shape index (κ2) is 10.5. The van der Waals surface area contributed by atoms with Crippen LogP contribution in [0.1, 0.15) is 44.1 Å². The summed E-state index contributed by atoms with van der Waals surface area (Å²) in [5.41, 5.74) is 2.08. The molecule has 5 heteroatoms. The number of nitrogens with zero attached hydrogens (tertiary/aromatic N) is 1. The first-order valence-electron chi connectivity index (χ1n) is 11.6. The molecule has 31 heavy (non-hydrogen) atoms. The Labute approximate surface area is 185 Å². The number of hydrogen-bond acceptors (Lipinski definition) is 2. The Morgan fingerprint density at radius 2 is 1.48 bits per heavy atom. The van der Waals surface area contributed by atoms with Crippen molar-refractivity contribution in [3.05, 3.63) is 66.2 Å². The lowest BCUT2D eigenvalue weighted by Gasteiger charge is -2.33. The first-order chi connectivity index (χ1) is 15.2. The predicted octanol–water partition coefficient (Wildman–Crippen LogP) is 4.85. The number of benzene rings is 2. The average Bonchev–Trinajstić information content (AvgIpc) is 3.35. The molecule has 2 aromatic carbocycles. The number of urea groups is 1. The predicted molar refractivity (Wildman–Crippen MR) is 124 cm³/mol. The highest BCUT2D eigenvalue weighted by Gasteiger charge is 2.31. The Bertz CT molecular complexity index is 841. The smallest absolute Gasteiger partial charge is 0.321 e. The largest absolute Gasteiger partial charge is 0.353 e. The number of likely N-dealkylation sites (tertiary alicyclic amines) is 1. The molecule has 2 fully saturated rings. The summed E-state index contributed by atoms with van der Waals surface area (Å²) in [4.78, 5) is 27.4. The van der Waals surface area contributed by atoms with Gasteiger partial charge in [0.25, 0.3) is 0 Å². The van der Waals surface area contributed by atoms with Crippen LogP contribution in [0.4, 0.5) is 10.5 Å². The zero-order chi connectivity index (χ0) is 21.5. The van der Waals surface area contributed by atoms with Gasteiger partial charge in [0.05, 0.1) is 0 Å². The van der Waals surface area contributed by atoms with Crippen LogP contribution in [0.5, 0.6) is 0 Å². The van der Waals surface area contributed by atoms with E-state index in [0.29, 0.717) is 19.0 Å². The van der Waals surface area contributed by atoms with Gasteiger partial charge < -0.3 is 15.5 Å². The highest BCUT2D eigenvalue weighted by Crippen LogP contribution is 2.30. The maximum Gasteiger partial charge on any atom is 0.321 e. The maximum absolute atomic E-state index is 13.1. The van der Waals surface area contributed by atoms with Crippen LogP contribution in [0, 0.1) is 11.8 Å². The van der Waals surface area contributed by atoms with Gasteiger partial charge in [0.15, 0.2) is 0 Å². The van der Waals surface area contributed by atoms with E-state index in [2.05, 4.69) is 34.9 Å². The number of carbonyl (C=O) groups excluding carboxylic acids is 2. The molecule has 1 atom stereocenters. The van der Waals surface area contributed by atoms with Gasteiger partial charge in [0.1, 0.15) is 0 Å². The molecule has 4 rings (SSSR count). The van der Waals surface area contributed by atoms with Crippen LogP contribution in [0.2, 0.25) is 0 Å². The van der Waals surface area contributed by atoms with Crippen LogP contribution in [0.25, 0.3) is 0 Å². The number of para-hydroxylation sites is 1. The van der Waals surface area contributed by atoms with E-state index in [0.717, 1.165) is 24.9 Å². The molecule has 3 amide bonds. The summed E-state index contributed by atoms with van der Waals surface area (Å²) in [5, 5.41) is 6.34. The molecule has 2 aliphatic rings. The summed E-state index contributed by atoms with van der Waals surface area (Å²) in [6.07, 6.45) is 7.27. The van der Waals surface area contributed by atoms with Gasteiger partial charge in [-0.05, 0) is 55.7 Å². The second-order valence-corrected chi connectivity index (χ2v) is 8.91. The van der Waals surface area contributed by atoms with E-state index in [9.17, 15) is 9.59 Å². The molecular formula is C26H33N3O2. The fourth-order valence-electron chi connectivity index (χ4n) is 4.93. The topological polar surface area (TPSA) is 61.4 Å². The molecular weight excluding hydrogens is 386 g/mol. The molecule has 164 valence electrons. The van der Waals surface area contributed by atoms with Gasteiger partial charge >= 0.3 is 6.03 Å². The average molecular weight is 420 g/mol. The number of hydrogen-bond donors (Lipinski definition) is 2. The van der Waals surface area contributed by atoms with Gasteiger partial charge in [0.2, 0.25) is 5.91 Å². The highest BCUT2D eigenvalue weighted by atomic mass is 16.2. The number of rotatable bonds is 6. The molecule has 1 saturated carbocycles. The minimum absolute atomic E-state index is 0.0135. The standard InChI is InChI=1S/C26H33N3O2/c30-25(28-24(21-11-7-8-12-21)19-20-9-3-1-4-10-20)22-15-17-29(18-16-22)26(31)27-23-13-5-2-6-14-23/h1-6,9-10,13-14,21-22,24H,7-8,11-12,15-19H2,(H,27,31)(H,28,30). The van der Waals surface area contributed by atoms with Crippen LogP contribution >= 0.6 is 0 Å². The maximum atomic E-state index is 13.1. The van der Waals surface area contributed by atoms with Crippen molar-refractivity contribution < 1.29 is 9.59 Å². The first-order valence-corrected chi connectivity index (χ1v) is 11.6. The monoisotopic (exact) mass is 419 g/mol. The van der Waals surface area contributed by atoms with E-state index in [1.54, 1.807) is 0 Å². The van der Waals surface area contributed by atoms with Crippen molar-refractivity contribution in [2.45, 2.75) is 51.0 Å². The van der Waals surface area contributed by atoms with Gasteiger partial charge in [0, 0.05) is 30.7 Å². The molecule has 5 nitrogen and oxygen atoms in total. The van der Waals surface area contributed by atoms with E-state index in [1.165, 1.54) is 31.2 Å². The summed E-state index contributed by atoms with van der Waals surface area (Å²) in [7, 11) is 0. The van der Waals surface area contributed by atoms with E-state index >= 15 is 0 Å². The van der Waals surface area contributed by atoms with E-state index in [4.69, 9.17) is 0 Å². The SMILES string of the molecule is O=C(NC(Cc1ccccc1)C1CCCC1)C1CCN(C(=O)Nc2ccccc2)CC1. The molecule has 1 unspecified atom stereocenters. The quantitative estimate of drug-likeness (QED) is 0.703.